The van der Waals surface area contributed by atoms with Crippen molar-refractivity contribution in [2.45, 2.75) is 25.9 Å². The van der Waals surface area contributed by atoms with E-state index in [4.69, 9.17) is 4.74 Å². The van der Waals surface area contributed by atoms with Gasteiger partial charge in [0.15, 0.2) is 0 Å². The third-order valence-electron chi connectivity index (χ3n) is 1.76. The van der Waals surface area contributed by atoms with Gasteiger partial charge in [0.05, 0.1) is 0 Å². The summed E-state index contributed by atoms with van der Waals surface area (Å²) in [6, 6.07) is 3.94. The van der Waals surface area contributed by atoms with E-state index in [2.05, 4.69) is 4.98 Å². The van der Waals surface area contributed by atoms with Gasteiger partial charge >= 0.3 is 0 Å². The van der Waals surface area contributed by atoms with E-state index in [1.807, 2.05) is 19.1 Å². The average molecular weight is 149 g/mol. The predicted molar refractivity (Wildman–Crippen MR) is 42.6 cm³/mol. The van der Waals surface area contributed by atoms with Crippen molar-refractivity contribution in [1.82, 2.24) is 4.98 Å². The normalized spacial score (nSPS) is 16.5. The largest absolute Gasteiger partial charge is 0.474 e. The van der Waals surface area contributed by atoms with E-state index in [9.17, 15) is 0 Å². The van der Waals surface area contributed by atoms with Crippen LogP contribution in [0.25, 0.3) is 0 Å². The minimum atomic E-state index is 0.448. The minimum Gasteiger partial charge on any atom is -0.474 e. The molecule has 58 valence electrons. The van der Waals surface area contributed by atoms with E-state index in [0.29, 0.717) is 6.10 Å². The van der Waals surface area contributed by atoms with Gasteiger partial charge < -0.3 is 4.74 Å². The third-order valence-corrected chi connectivity index (χ3v) is 1.76. The highest BCUT2D eigenvalue weighted by atomic mass is 16.5. The van der Waals surface area contributed by atoms with E-state index in [0.717, 1.165) is 11.4 Å². The maximum Gasteiger partial charge on any atom is 0.216 e. The van der Waals surface area contributed by atoms with Gasteiger partial charge in [0.1, 0.15) is 6.10 Å². The van der Waals surface area contributed by atoms with Gasteiger partial charge in [-0.3, -0.25) is 0 Å². The Kier molecular flexibility index (Phi) is 1.53. The van der Waals surface area contributed by atoms with Crippen molar-refractivity contribution in [2.24, 2.45) is 0 Å². The average Bonchev–Trinajstić information content (AvgIpc) is 2.78. The molecule has 0 saturated heterocycles. The van der Waals surface area contributed by atoms with Crippen molar-refractivity contribution in [1.29, 1.82) is 0 Å². The Balaban J connectivity index is 2.15. The third kappa shape index (κ3) is 1.50. The first-order valence-electron chi connectivity index (χ1n) is 3.94. The fraction of sp³-hybridized carbons (Fsp3) is 0.444. The van der Waals surface area contributed by atoms with Gasteiger partial charge in [-0.05, 0) is 25.8 Å². The van der Waals surface area contributed by atoms with Crippen LogP contribution in [-0.2, 0) is 0 Å². The Morgan fingerprint density at radius 1 is 1.55 bits per heavy atom. The van der Waals surface area contributed by atoms with Crippen LogP contribution in [0.1, 0.15) is 18.4 Å². The zero-order valence-electron chi connectivity index (χ0n) is 6.58. The van der Waals surface area contributed by atoms with Gasteiger partial charge in [-0.25, -0.2) is 4.98 Å². The van der Waals surface area contributed by atoms with Crippen molar-refractivity contribution in [3.63, 3.8) is 0 Å². The second-order valence-electron chi connectivity index (χ2n) is 2.94. The predicted octanol–water partition coefficient (Wildman–Crippen LogP) is 1.93. The van der Waals surface area contributed by atoms with Crippen LogP contribution >= 0.6 is 0 Å². The summed E-state index contributed by atoms with van der Waals surface area (Å²) in [4.78, 5) is 4.14. The molecule has 0 radical (unpaired) electrons. The van der Waals surface area contributed by atoms with Gasteiger partial charge in [0.2, 0.25) is 5.88 Å². The topological polar surface area (TPSA) is 22.1 Å². The zero-order chi connectivity index (χ0) is 7.68. The number of hydrogen-bond acceptors (Lipinski definition) is 2. The molecular formula is C9H11NO. The van der Waals surface area contributed by atoms with Gasteiger partial charge in [0, 0.05) is 11.8 Å². The molecule has 0 atom stereocenters. The maximum atomic E-state index is 5.54. The maximum absolute atomic E-state index is 5.54. The van der Waals surface area contributed by atoms with Crippen LogP contribution in [0.5, 0.6) is 5.88 Å². The molecule has 0 aliphatic heterocycles. The van der Waals surface area contributed by atoms with Crippen molar-refractivity contribution < 1.29 is 4.74 Å². The molecule has 2 nitrogen and oxygen atoms in total. The van der Waals surface area contributed by atoms with Crippen LogP contribution in [0.4, 0.5) is 0 Å². The number of ether oxygens (including phenoxy) is 1. The molecule has 0 bridgehead atoms. The highest BCUT2D eigenvalue weighted by Gasteiger charge is 2.24. The molecule has 2 heteroatoms. The molecular weight excluding hydrogens is 138 g/mol. The number of nitrogens with zero attached hydrogens (tertiary/aromatic N) is 1. The quantitative estimate of drug-likeness (QED) is 0.641. The van der Waals surface area contributed by atoms with Crippen molar-refractivity contribution in [2.75, 3.05) is 0 Å². The highest BCUT2D eigenvalue weighted by molar-refractivity contribution is 5.23. The minimum absolute atomic E-state index is 0.448. The molecule has 1 heterocycles. The Morgan fingerprint density at radius 3 is 3.00 bits per heavy atom. The van der Waals surface area contributed by atoms with E-state index < -0.39 is 0 Å². The van der Waals surface area contributed by atoms with Gasteiger partial charge in [-0.1, -0.05) is 6.07 Å². The first-order valence-corrected chi connectivity index (χ1v) is 3.94. The number of aromatic nitrogens is 1. The Labute approximate surface area is 66.2 Å². The smallest absolute Gasteiger partial charge is 0.216 e. The lowest BCUT2D eigenvalue weighted by Gasteiger charge is -2.04. The second-order valence-corrected chi connectivity index (χ2v) is 2.94. The summed E-state index contributed by atoms with van der Waals surface area (Å²) < 4.78 is 5.54. The SMILES string of the molecule is Cc1cccnc1OC1CC1. The van der Waals surface area contributed by atoms with E-state index in [1.165, 1.54) is 12.8 Å². The molecule has 2 rings (SSSR count). The lowest BCUT2D eigenvalue weighted by molar-refractivity contribution is 0.289. The van der Waals surface area contributed by atoms with Gasteiger partial charge in [-0.15, -0.1) is 0 Å². The zero-order valence-corrected chi connectivity index (χ0v) is 6.58. The standard InChI is InChI=1S/C9H11NO/c1-7-3-2-6-10-9(7)11-8-4-5-8/h2-3,6,8H,4-5H2,1H3. The van der Waals surface area contributed by atoms with Crippen LogP contribution in [0, 0.1) is 6.92 Å². The summed E-state index contributed by atoms with van der Waals surface area (Å²) in [7, 11) is 0. The molecule has 0 spiro atoms. The summed E-state index contributed by atoms with van der Waals surface area (Å²) in [5.41, 5.74) is 1.12. The molecule has 1 aromatic heterocycles. The Hall–Kier alpha value is -1.05. The molecule has 1 aromatic rings. The molecule has 0 unspecified atom stereocenters. The molecule has 0 aromatic carbocycles. The Bertz CT molecular complexity index is 255. The number of hydrogen-bond donors (Lipinski definition) is 0. The Morgan fingerprint density at radius 2 is 2.36 bits per heavy atom. The summed E-state index contributed by atoms with van der Waals surface area (Å²) in [6.45, 7) is 2.02. The molecule has 1 saturated carbocycles. The van der Waals surface area contributed by atoms with Crippen LogP contribution in [0.3, 0.4) is 0 Å². The lowest BCUT2D eigenvalue weighted by Crippen LogP contribution is -1.99. The molecule has 0 amide bonds. The summed E-state index contributed by atoms with van der Waals surface area (Å²) in [5.74, 6) is 0.801. The van der Waals surface area contributed by atoms with Crippen LogP contribution < -0.4 is 4.74 Å². The second kappa shape index (κ2) is 2.53. The molecule has 11 heavy (non-hydrogen) atoms. The van der Waals surface area contributed by atoms with Gasteiger partial charge in [0.25, 0.3) is 0 Å². The van der Waals surface area contributed by atoms with Crippen LogP contribution in [-0.4, -0.2) is 11.1 Å². The summed E-state index contributed by atoms with van der Waals surface area (Å²) >= 11 is 0. The van der Waals surface area contributed by atoms with Crippen molar-refractivity contribution >= 4 is 0 Å². The highest BCUT2D eigenvalue weighted by Crippen LogP contribution is 2.26. The van der Waals surface area contributed by atoms with Crippen molar-refractivity contribution in [3.8, 4) is 5.88 Å². The molecule has 0 N–H and O–H groups in total. The van der Waals surface area contributed by atoms with Crippen molar-refractivity contribution in [3.05, 3.63) is 23.9 Å². The number of aryl methyl sites for hydroxylation is 1. The molecule has 1 aliphatic carbocycles. The van der Waals surface area contributed by atoms with E-state index in [-0.39, 0.29) is 0 Å². The van der Waals surface area contributed by atoms with Gasteiger partial charge in [-0.2, -0.15) is 0 Å². The van der Waals surface area contributed by atoms with Crippen LogP contribution in [0.15, 0.2) is 18.3 Å². The summed E-state index contributed by atoms with van der Waals surface area (Å²) in [6.07, 6.45) is 4.60. The molecule has 1 aliphatic rings. The first kappa shape index (κ1) is 6.65. The first-order chi connectivity index (χ1) is 5.36. The number of rotatable bonds is 2. The fourth-order valence-electron chi connectivity index (χ4n) is 0.938. The summed E-state index contributed by atoms with van der Waals surface area (Å²) in [5, 5.41) is 0. The number of pyridine rings is 1. The van der Waals surface area contributed by atoms with E-state index >= 15 is 0 Å². The van der Waals surface area contributed by atoms with Crippen LogP contribution in [0.2, 0.25) is 0 Å². The lowest BCUT2D eigenvalue weighted by atomic mass is 10.3. The van der Waals surface area contributed by atoms with E-state index in [1.54, 1.807) is 6.20 Å². The monoisotopic (exact) mass is 149 g/mol. The fourth-order valence-corrected chi connectivity index (χ4v) is 0.938. The molecule has 1 fully saturated rings.